The first-order valence-corrected chi connectivity index (χ1v) is 5.64. The van der Waals surface area contributed by atoms with E-state index in [0.717, 1.165) is 11.4 Å². The lowest BCUT2D eigenvalue weighted by Gasteiger charge is -2.12. The first-order chi connectivity index (χ1) is 8.66. The summed E-state index contributed by atoms with van der Waals surface area (Å²) in [5.74, 6) is 0.126. The van der Waals surface area contributed by atoms with Crippen LogP contribution in [0, 0.1) is 0 Å². The number of nitrogens with zero attached hydrogens (tertiary/aromatic N) is 3. The van der Waals surface area contributed by atoms with Crippen LogP contribution in [0.3, 0.4) is 0 Å². The fourth-order valence-electron chi connectivity index (χ4n) is 1.48. The zero-order valence-electron chi connectivity index (χ0n) is 10.4. The summed E-state index contributed by atoms with van der Waals surface area (Å²) >= 11 is 0. The van der Waals surface area contributed by atoms with Gasteiger partial charge in [0, 0.05) is 25.8 Å². The van der Waals surface area contributed by atoms with Gasteiger partial charge in [-0.3, -0.25) is 0 Å². The van der Waals surface area contributed by atoms with E-state index in [1.807, 2.05) is 55.4 Å². The molecule has 0 heterocycles. The average molecular weight is 241 g/mol. The van der Waals surface area contributed by atoms with Crippen LogP contribution in [0.2, 0.25) is 0 Å². The Bertz CT molecular complexity index is 550. The number of rotatable bonds is 3. The fraction of sp³-hybridized carbons (Fsp3) is 0.143. The second-order valence-corrected chi connectivity index (χ2v) is 4.10. The minimum absolute atomic E-state index is 0.126. The van der Waals surface area contributed by atoms with E-state index in [-0.39, 0.29) is 5.75 Å². The molecule has 4 heteroatoms. The maximum Gasteiger partial charge on any atom is 0.145 e. The average Bonchev–Trinajstić information content (AvgIpc) is 2.38. The number of azo groups is 1. The summed E-state index contributed by atoms with van der Waals surface area (Å²) in [5, 5.41) is 17.9. The zero-order valence-corrected chi connectivity index (χ0v) is 10.4. The summed E-state index contributed by atoms with van der Waals surface area (Å²) in [6, 6.07) is 14.7. The van der Waals surface area contributed by atoms with Gasteiger partial charge in [0.1, 0.15) is 11.4 Å². The Labute approximate surface area is 106 Å². The van der Waals surface area contributed by atoms with Crippen molar-refractivity contribution in [2.75, 3.05) is 19.0 Å². The Hall–Kier alpha value is -2.36. The molecule has 2 aromatic rings. The number of hydrogen-bond acceptors (Lipinski definition) is 4. The topological polar surface area (TPSA) is 48.2 Å². The Kier molecular flexibility index (Phi) is 3.57. The highest BCUT2D eigenvalue weighted by atomic mass is 16.3. The predicted octanol–water partition coefficient (Wildman–Crippen LogP) is 3.87. The van der Waals surface area contributed by atoms with E-state index in [0.29, 0.717) is 5.69 Å². The Morgan fingerprint density at radius 3 is 2.28 bits per heavy atom. The van der Waals surface area contributed by atoms with Gasteiger partial charge in [0.2, 0.25) is 0 Å². The molecule has 0 fully saturated rings. The molecule has 2 rings (SSSR count). The molecule has 2 aromatic carbocycles. The summed E-state index contributed by atoms with van der Waals surface area (Å²) in [6.07, 6.45) is 0. The van der Waals surface area contributed by atoms with Gasteiger partial charge in [-0.25, -0.2) is 0 Å². The number of hydrogen-bond donors (Lipinski definition) is 1. The molecule has 0 spiro atoms. The summed E-state index contributed by atoms with van der Waals surface area (Å²) in [6.45, 7) is 0. The van der Waals surface area contributed by atoms with Crippen molar-refractivity contribution in [3.8, 4) is 5.75 Å². The molecular weight excluding hydrogens is 226 g/mol. The van der Waals surface area contributed by atoms with Crippen molar-refractivity contribution in [3.63, 3.8) is 0 Å². The second-order valence-electron chi connectivity index (χ2n) is 4.10. The van der Waals surface area contributed by atoms with E-state index in [2.05, 4.69) is 10.2 Å². The molecule has 0 aromatic heterocycles. The van der Waals surface area contributed by atoms with Crippen molar-refractivity contribution < 1.29 is 5.11 Å². The van der Waals surface area contributed by atoms with E-state index in [4.69, 9.17) is 0 Å². The molecule has 1 N–H and O–H groups in total. The van der Waals surface area contributed by atoms with Gasteiger partial charge in [-0.1, -0.05) is 18.2 Å². The number of benzene rings is 2. The van der Waals surface area contributed by atoms with E-state index in [1.165, 1.54) is 0 Å². The van der Waals surface area contributed by atoms with Crippen molar-refractivity contribution in [3.05, 3.63) is 48.5 Å². The zero-order chi connectivity index (χ0) is 13.0. The second kappa shape index (κ2) is 5.31. The molecule has 0 saturated carbocycles. The first kappa shape index (κ1) is 12.1. The molecule has 0 aliphatic heterocycles. The summed E-state index contributed by atoms with van der Waals surface area (Å²) in [7, 11) is 3.83. The highest BCUT2D eigenvalue weighted by Gasteiger charge is 2.02. The van der Waals surface area contributed by atoms with Crippen LogP contribution in [0.25, 0.3) is 0 Å². The normalized spacial score (nSPS) is 10.8. The minimum atomic E-state index is 0.126. The molecule has 0 aliphatic carbocycles. The SMILES string of the molecule is CN(C)c1ccc(/N=N/c2ccccc2)c(O)c1. The van der Waals surface area contributed by atoms with Gasteiger partial charge in [0.15, 0.2) is 0 Å². The highest BCUT2D eigenvalue weighted by Crippen LogP contribution is 2.31. The van der Waals surface area contributed by atoms with Crippen molar-refractivity contribution in [2.24, 2.45) is 10.2 Å². The first-order valence-electron chi connectivity index (χ1n) is 5.64. The Morgan fingerprint density at radius 2 is 1.67 bits per heavy atom. The molecule has 4 nitrogen and oxygen atoms in total. The van der Waals surface area contributed by atoms with Crippen molar-refractivity contribution in [1.29, 1.82) is 0 Å². The van der Waals surface area contributed by atoms with Gasteiger partial charge < -0.3 is 10.0 Å². The van der Waals surface area contributed by atoms with Crippen LogP contribution in [0.15, 0.2) is 58.8 Å². The number of phenolic OH excluding ortho intramolecular Hbond substituents is 1. The van der Waals surface area contributed by atoms with E-state index < -0.39 is 0 Å². The van der Waals surface area contributed by atoms with Gasteiger partial charge in [-0.2, -0.15) is 5.11 Å². The van der Waals surface area contributed by atoms with E-state index >= 15 is 0 Å². The van der Waals surface area contributed by atoms with Crippen molar-refractivity contribution >= 4 is 17.1 Å². The minimum Gasteiger partial charge on any atom is -0.506 e. The summed E-state index contributed by atoms with van der Waals surface area (Å²) < 4.78 is 0. The fourth-order valence-corrected chi connectivity index (χ4v) is 1.48. The molecule has 0 unspecified atom stereocenters. The van der Waals surface area contributed by atoms with Crippen LogP contribution < -0.4 is 4.90 Å². The summed E-state index contributed by atoms with van der Waals surface area (Å²) in [5.41, 5.74) is 2.14. The van der Waals surface area contributed by atoms with Gasteiger partial charge in [0.05, 0.1) is 5.69 Å². The Morgan fingerprint density at radius 1 is 0.944 bits per heavy atom. The summed E-state index contributed by atoms with van der Waals surface area (Å²) in [4.78, 5) is 1.91. The van der Waals surface area contributed by atoms with E-state index in [9.17, 15) is 5.11 Å². The third-order valence-electron chi connectivity index (χ3n) is 2.50. The third-order valence-corrected chi connectivity index (χ3v) is 2.50. The van der Waals surface area contributed by atoms with Crippen LogP contribution in [-0.2, 0) is 0 Å². The molecule has 92 valence electrons. The standard InChI is InChI=1S/C14H15N3O/c1-17(2)12-8-9-13(14(18)10-12)16-15-11-6-4-3-5-7-11/h3-10,18H,1-2H3/b16-15+. The number of aromatic hydroxyl groups is 1. The molecule has 0 aliphatic rings. The van der Waals surface area contributed by atoms with Gasteiger partial charge in [0.25, 0.3) is 0 Å². The maximum atomic E-state index is 9.84. The smallest absolute Gasteiger partial charge is 0.145 e. The maximum absolute atomic E-state index is 9.84. The molecule has 0 radical (unpaired) electrons. The predicted molar refractivity (Wildman–Crippen MR) is 73.1 cm³/mol. The van der Waals surface area contributed by atoms with Crippen LogP contribution in [0.4, 0.5) is 17.1 Å². The lowest BCUT2D eigenvalue weighted by Crippen LogP contribution is -2.07. The van der Waals surface area contributed by atoms with Gasteiger partial charge >= 0.3 is 0 Å². The number of anilines is 1. The van der Waals surface area contributed by atoms with Gasteiger partial charge in [-0.05, 0) is 24.3 Å². The van der Waals surface area contributed by atoms with E-state index in [1.54, 1.807) is 12.1 Å². The van der Waals surface area contributed by atoms with Gasteiger partial charge in [-0.15, -0.1) is 5.11 Å². The Balaban J connectivity index is 2.22. The molecule has 18 heavy (non-hydrogen) atoms. The lowest BCUT2D eigenvalue weighted by atomic mass is 10.2. The molecular formula is C14H15N3O. The largest absolute Gasteiger partial charge is 0.506 e. The molecule has 0 bridgehead atoms. The van der Waals surface area contributed by atoms with Crippen molar-refractivity contribution in [2.45, 2.75) is 0 Å². The van der Waals surface area contributed by atoms with Crippen molar-refractivity contribution in [1.82, 2.24) is 0 Å². The molecule has 0 atom stereocenters. The quantitative estimate of drug-likeness (QED) is 0.829. The van der Waals surface area contributed by atoms with Crippen LogP contribution in [0.5, 0.6) is 5.75 Å². The third kappa shape index (κ3) is 2.85. The van der Waals surface area contributed by atoms with Crippen LogP contribution in [-0.4, -0.2) is 19.2 Å². The molecule has 0 saturated heterocycles. The van der Waals surface area contributed by atoms with Crippen LogP contribution >= 0.6 is 0 Å². The number of phenols is 1. The molecule has 0 amide bonds. The van der Waals surface area contributed by atoms with Crippen LogP contribution in [0.1, 0.15) is 0 Å². The lowest BCUT2D eigenvalue weighted by molar-refractivity contribution is 0.476. The highest BCUT2D eigenvalue weighted by molar-refractivity contribution is 5.60. The monoisotopic (exact) mass is 241 g/mol.